The van der Waals surface area contributed by atoms with E-state index in [2.05, 4.69) is 17.2 Å². The second kappa shape index (κ2) is 7.18. The minimum atomic E-state index is -0.276. The topological polar surface area (TPSA) is 34.2 Å². The van der Waals surface area contributed by atoms with Gasteiger partial charge in [-0.2, -0.15) is 0 Å². The summed E-state index contributed by atoms with van der Waals surface area (Å²) in [7, 11) is 1.59. The third-order valence-electron chi connectivity index (χ3n) is 3.33. The van der Waals surface area contributed by atoms with Crippen LogP contribution < -0.4 is 10.1 Å². The van der Waals surface area contributed by atoms with Crippen molar-refractivity contribution in [3.8, 4) is 5.75 Å². The molecule has 3 nitrogen and oxygen atoms in total. The zero-order valence-electron chi connectivity index (χ0n) is 12.7. The van der Waals surface area contributed by atoms with Crippen molar-refractivity contribution in [1.29, 1.82) is 0 Å². The number of nitrogens with one attached hydrogen (secondary N) is 1. The van der Waals surface area contributed by atoms with Crippen LogP contribution in [0.25, 0.3) is 0 Å². The maximum Gasteiger partial charge on any atom is 0.124 e. The summed E-state index contributed by atoms with van der Waals surface area (Å²) in [5.41, 5.74) is 2.76. The molecule has 1 unspecified atom stereocenters. The van der Waals surface area contributed by atoms with Crippen LogP contribution in [-0.4, -0.2) is 18.6 Å². The van der Waals surface area contributed by atoms with Crippen LogP contribution in [0.15, 0.2) is 36.5 Å². The molecule has 0 aliphatic carbocycles. The molecule has 0 saturated carbocycles. The molecular formula is C17H21FN2O. The highest BCUT2D eigenvalue weighted by molar-refractivity contribution is 5.41. The van der Waals surface area contributed by atoms with Crippen molar-refractivity contribution >= 4 is 0 Å². The second-order valence-corrected chi connectivity index (χ2v) is 5.03. The van der Waals surface area contributed by atoms with Crippen LogP contribution in [0.2, 0.25) is 0 Å². The van der Waals surface area contributed by atoms with Crippen LogP contribution in [0.5, 0.6) is 5.75 Å². The molecule has 2 aromatic rings. The number of ether oxygens (including phenoxy) is 1. The van der Waals surface area contributed by atoms with E-state index in [0.29, 0.717) is 5.75 Å². The molecule has 2 rings (SSSR count). The summed E-state index contributed by atoms with van der Waals surface area (Å²) in [4.78, 5) is 4.43. The summed E-state index contributed by atoms with van der Waals surface area (Å²) < 4.78 is 19.0. The number of rotatable bonds is 6. The number of pyridine rings is 1. The van der Waals surface area contributed by atoms with E-state index in [9.17, 15) is 4.39 Å². The van der Waals surface area contributed by atoms with Gasteiger partial charge in [-0.1, -0.05) is 6.92 Å². The molecule has 112 valence electrons. The van der Waals surface area contributed by atoms with E-state index in [1.807, 2.05) is 19.1 Å². The van der Waals surface area contributed by atoms with Gasteiger partial charge in [-0.15, -0.1) is 0 Å². The molecule has 4 heteroatoms. The number of halogens is 1. The highest BCUT2D eigenvalue weighted by Gasteiger charge is 2.19. The fourth-order valence-corrected chi connectivity index (χ4v) is 2.31. The van der Waals surface area contributed by atoms with Crippen molar-refractivity contribution in [2.75, 3.05) is 13.7 Å². The van der Waals surface area contributed by atoms with E-state index in [4.69, 9.17) is 4.74 Å². The maximum atomic E-state index is 13.7. The van der Waals surface area contributed by atoms with Gasteiger partial charge < -0.3 is 10.1 Å². The van der Waals surface area contributed by atoms with Crippen molar-refractivity contribution in [2.24, 2.45) is 0 Å². The lowest BCUT2D eigenvalue weighted by Gasteiger charge is -2.21. The molecule has 0 radical (unpaired) electrons. The Kier molecular flexibility index (Phi) is 5.28. The van der Waals surface area contributed by atoms with Crippen molar-refractivity contribution in [3.05, 3.63) is 59.2 Å². The van der Waals surface area contributed by atoms with Gasteiger partial charge in [-0.25, -0.2) is 4.39 Å². The Morgan fingerprint density at radius 1 is 1.29 bits per heavy atom. The highest BCUT2D eigenvalue weighted by atomic mass is 19.1. The number of aryl methyl sites for hydroxylation is 1. The fraction of sp³-hybridized carbons (Fsp3) is 0.353. The minimum absolute atomic E-state index is 0.185. The molecule has 0 saturated heterocycles. The average molecular weight is 288 g/mol. The monoisotopic (exact) mass is 288 g/mol. The Morgan fingerprint density at radius 3 is 2.76 bits per heavy atom. The number of aromatic nitrogens is 1. The zero-order valence-corrected chi connectivity index (χ0v) is 12.7. The smallest absolute Gasteiger partial charge is 0.124 e. The third-order valence-corrected chi connectivity index (χ3v) is 3.33. The summed E-state index contributed by atoms with van der Waals surface area (Å²) >= 11 is 0. The van der Waals surface area contributed by atoms with Crippen molar-refractivity contribution < 1.29 is 9.13 Å². The molecule has 0 spiro atoms. The summed E-state index contributed by atoms with van der Waals surface area (Å²) in [5, 5.41) is 3.42. The number of benzene rings is 1. The van der Waals surface area contributed by atoms with Gasteiger partial charge in [0.25, 0.3) is 0 Å². The Labute approximate surface area is 125 Å². The van der Waals surface area contributed by atoms with Crippen molar-refractivity contribution in [3.63, 3.8) is 0 Å². The van der Waals surface area contributed by atoms with Gasteiger partial charge in [-0.3, -0.25) is 4.98 Å². The molecule has 1 heterocycles. The van der Waals surface area contributed by atoms with Crippen LogP contribution >= 0.6 is 0 Å². The Morgan fingerprint density at radius 2 is 2.10 bits per heavy atom. The zero-order chi connectivity index (χ0) is 15.2. The van der Waals surface area contributed by atoms with E-state index in [-0.39, 0.29) is 11.9 Å². The van der Waals surface area contributed by atoms with Crippen LogP contribution in [0.1, 0.15) is 36.2 Å². The molecule has 1 N–H and O–H groups in total. The Hall–Kier alpha value is -1.94. The fourth-order valence-electron chi connectivity index (χ4n) is 2.31. The van der Waals surface area contributed by atoms with Crippen molar-refractivity contribution in [2.45, 2.75) is 26.3 Å². The number of nitrogens with zero attached hydrogens (tertiary/aromatic N) is 1. The first kappa shape index (κ1) is 15.4. The molecule has 1 aromatic heterocycles. The molecule has 0 fully saturated rings. The predicted molar refractivity (Wildman–Crippen MR) is 82.1 cm³/mol. The first-order valence-electron chi connectivity index (χ1n) is 7.15. The molecule has 0 aliphatic heterocycles. The van der Waals surface area contributed by atoms with Gasteiger partial charge in [0.15, 0.2) is 0 Å². The minimum Gasteiger partial charge on any atom is -0.496 e. The number of hydrogen-bond donors (Lipinski definition) is 1. The molecular weight excluding hydrogens is 267 g/mol. The van der Waals surface area contributed by atoms with E-state index < -0.39 is 0 Å². The normalized spacial score (nSPS) is 12.2. The summed E-state index contributed by atoms with van der Waals surface area (Å²) in [6, 6.07) is 8.34. The SMILES string of the molecule is CCCNC(c1cc(C)ccn1)c1cc(F)ccc1OC. The number of methoxy groups -OCH3 is 1. The van der Waals surface area contributed by atoms with Crippen LogP contribution in [-0.2, 0) is 0 Å². The first-order chi connectivity index (χ1) is 10.2. The van der Waals surface area contributed by atoms with Crippen LogP contribution in [0, 0.1) is 12.7 Å². The lowest BCUT2D eigenvalue weighted by molar-refractivity contribution is 0.401. The first-order valence-corrected chi connectivity index (χ1v) is 7.15. The predicted octanol–water partition coefficient (Wildman–Crippen LogP) is 3.63. The molecule has 21 heavy (non-hydrogen) atoms. The quantitative estimate of drug-likeness (QED) is 0.881. The lowest BCUT2D eigenvalue weighted by Crippen LogP contribution is -2.24. The van der Waals surface area contributed by atoms with Gasteiger partial charge in [0, 0.05) is 11.8 Å². The molecule has 1 atom stereocenters. The van der Waals surface area contributed by atoms with Crippen LogP contribution in [0.3, 0.4) is 0 Å². The second-order valence-electron chi connectivity index (χ2n) is 5.03. The van der Waals surface area contributed by atoms with Crippen molar-refractivity contribution in [1.82, 2.24) is 10.3 Å². The standard InChI is InChI=1S/C17H21FN2O/c1-4-8-20-17(15-10-12(2)7-9-19-15)14-11-13(18)5-6-16(14)21-3/h5-7,9-11,17,20H,4,8H2,1-3H3. The molecule has 0 bridgehead atoms. The maximum absolute atomic E-state index is 13.7. The summed E-state index contributed by atoms with van der Waals surface area (Å²) in [5.74, 6) is 0.384. The largest absolute Gasteiger partial charge is 0.496 e. The van der Waals surface area contributed by atoms with Gasteiger partial charge in [0.05, 0.1) is 18.8 Å². The lowest BCUT2D eigenvalue weighted by atomic mass is 10.0. The molecule has 0 amide bonds. The third kappa shape index (κ3) is 3.79. The Bertz CT molecular complexity index is 601. The van der Waals surface area contributed by atoms with Gasteiger partial charge in [0.2, 0.25) is 0 Å². The van der Waals surface area contributed by atoms with E-state index in [0.717, 1.165) is 29.8 Å². The van der Waals surface area contributed by atoms with E-state index in [1.165, 1.54) is 12.1 Å². The molecule has 0 aliphatic rings. The van der Waals surface area contributed by atoms with Gasteiger partial charge in [-0.05, 0) is 55.8 Å². The van der Waals surface area contributed by atoms with Gasteiger partial charge >= 0.3 is 0 Å². The van der Waals surface area contributed by atoms with Gasteiger partial charge in [0.1, 0.15) is 11.6 Å². The highest BCUT2D eigenvalue weighted by Crippen LogP contribution is 2.30. The van der Waals surface area contributed by atoms with E-state index in [1.54, 1.807) is 19.4 Å². The average Bonchev–Trinajstić information content (AvgIpc) is 2.48. The summed E-state index contributed by atoms with van der Waals surface area (Å²) in [6.07, 6.45) is 2.76. The summed E-state index contributed by atoms with van der Waals surface area (Å²) in [6.45, 7) is 4.93. The number of hydrogen-bond acceptors (Lipinski definition) is 3. The van der Waals surface area contributed by atoms with Crippen LogP contribution in [0.4, 0.5) is 4.39 Å². The van der Waals surface area contributed by atoms with E-state index >= 15 is 0 Å². The Balaban J connectivity index is 2.47. The molecule has 1 aromatic carbocycles.